The average molecular weight is 389 g/mol. The normalized spacial score (nSPS) is 11.3. The minimum Gasteiger partial charge on any atom is -0.329 e. The van der Waals surface area contributed by atoms with Crippen molar-refractivity contribution in [3.05, 3.63) is 64.7 Å². The van der Waals surface area contributed by atoms with Crippen molar-refractivity contribution >= 4 is 34.0 Å². The first-order valence-electron chi connectivity index (χ1n) is 7.45. The smallest absolute Gasteiger partial charge is 0.244 e. The van der Waals surface area contributed by atoms with E-state index in [2.05, 4.69) is 0 Å². The summed E-state index contributed by atoms with van der Waals surface area (Å²) in [6.07, 6.45) is 0.628. The predicted molar refractivity (Wildman–Crippen MR) is 101 cm³/mol. The Labute approximate surface area is 155 Å². The van der Waals surface area contributed by atoms with Crippen LogP contribution in [0.1, 0.15) is 11.1 Å². The third-order valence-electron chi connectivity index (χ3n) is 3.58. The summed E-state index contributed by atoms with van der Waals surface area (Å²) < 4.78 is 27.2. The van der Waals surface area contributed by atoms with Gasteiger partial charge < -0.3 is 5.73 Å². The van der Waals surface area contributed by atoms with Gasteiger partial charge in [0, 0.05) is 19.6 Å². The zero-order valence-electron chi connectivity index (χ0n) is 13.5. The van der Waals surface area contributed by atoms with E-state index < -0.39 is 10.0 Å². The van der Waals surface area contributed by atoms with E-state index in [0.717, 1.165) is 11.1 Å². The highest BCUT2D eigenvalue weighted by Crippen LogP contribution is 2.25. The van der Waals surface area contributed by atoms with Crippen LogP contribution in [-0.4, -0.2) is 32.4 Å². The lowest BCUT2D eigenvalue weighted by Crippen LogP contribution is -2.37. The maximum atomic E-state index is 12.9. The van der Waals surface area contributed by atoms with Gasteiger partial charge in [-0.2, -0.15) is 4.31 Å². The highest BCUT2D eigenvalue weighted by Gasteiger charge is 2.26. The Hall–Kier alpha value is -1.11. The van der Waals surface area contributed by atoms with E-state index in [-0.39, 0.29) is 35.4 Å². The second kappa shape index (κ2) is 9.39. The molecule has 0 fully saturated rings. The summed E-state index contributed by atoms with van der Waals surface area (Å²) in [5.41, 5.74) is 7.54. The van der Waals surface area contributed by atoms with Gasteiger partial charge in [-0.05, 0) is 36.6 Å². The van der Waals surface area contributed by atoms with Crippen molar-refractivity contribution in [1.82, 2.24) is 4.31 Å². The minimum absolute atomic E-state index is 0. The van der Waals surface area contributed by atoms with E-state index >= 15 is 0 Å². The van der Waals surface area contributed by atoms with Crippen LogP contribution >= 0.6 is 24.0 Å². The van der Waals surface area contributed by atoms with Gasteiger partial charge in [0.1, 0.15) is 4.90 Å². The molecule has 2 aromatic rings. The van der Waals surface area contributed by atoms with Crippen LogP contribution in [0.4, 0.5) is 0 Å². The molecule has 0 unspecified atom stereocenters. The molecule has 0 atom stereocenters. The lowest BCUT2D eigenvalue weighted by molar-refractivity contribution is 0.421. The van der Waals surface area contributed by atoms with Crippen molar-refractivity contribution in [2.24, 2.45) is 5.73 Å². The molecule has 0 spiro atoms. The highest BCUT2D eigenvalue weighted by molar-refractivity contribution is 7.89. The molecule has 7 heteroatoms. The van der Waals surface area contributed by atoms with Crippen molar-refractivity contribution in [3.63, 3.8) is 0 Å². The number of hydrogen-bond donors (Lipinski definition) is 1. The third-order valence-corrected chi connectivity index (χ3v) is 5.96. The summed E-state index contributed by atoms with van der Waals surface area (Å²) in [6.45, 7) is 2.73. The van der Waals surface area contributed by atoms with E-state index in [1.807, 2.05) is 37.3 Å². The van der Waals surface area contributed by atoms with Gasteiger partial charge in [0.05, 0.1) is 5.02 Å². The molecule has 2 N–H and O–H groups in total. The Bertz CT molecular complexity index is 752. The van der Waals surface area contributed by atoms with Crippen LogP contribution in [0.5, 0.6) is 0 Å². The second-order valence-electron chi connectivity index (χ2n) is 5.36. The number of hydrogen-bond acceptors (Lipinski definition) is 3. The second-order valence-corrected chi connectivity index (χ2v) is 7.68. The molecule has 4 nitrogen and oxygen atoms in total. The largest absolute Gasteiger partial charge is 0.329 e. The van der Waals surface area contributed by atoms with Crippen LogP contribution in [0.15, 0.2) is 53.4 Å². The Morgan fingerprint density at radius 2 is 1.75 bits per heavy atom. The molecule has 24 heavy (non-hydrogen) atoms. The first kappa shape index (κ1) is 20.9. The number of aryl methyl sites for hydroxylation is 1. The van der Waals surface area contributed by atoms with Crippen LogP contribution in [0, 0.1) is 6.92 Å². The van der Waals surface area contributed by atoms with Gasteiger partial charge in [-0.15, -0.1) is 12.4 Å². The SMILES string of the molecule is Cc1ccc(Cl)c(S(=O)(=O)N(CCN)CCc2ccccc2)c1.Cl. The molecule has 2 rings (SSSR count). The average Bonchev–Trinajstić information content (AvgIpc) is 2.54. The summed E-state index contributed by atoms with van der Waals surface area (Å²) in [5, 5.41) is 0.234. The summed E-state index contributed by atoms with van der Waals surface area (Å²) in [6, 6.07) is 14.8. The Morgan fingerprint density at radius 1 is 1.08 bits per heavy atom. The van der Waals surface area contributed by atoms with Crippen molar-refractivity contribution in [3.8, 4) is 0 Å². The number of nitrogens with zero attached hydrogens (tertiary/aromatic N) is 1. The van der Waals surface area contributed by atoms with E-state index in [1.54, 1.807) is 18.2 Å². The van der Waals surface area contributed by atoms with Crippen molar-refractivity contribution in [1.29, 1.82) is 0 Å². The first-order chi connectivity index (χ1) is 10.9. The molecule has 0 aromatic heterocycles. The van der Waals surface area contributed by atoms with Gasteiger partial charge in [0.2, 0.25) is 10.0 Å². The molecule has 0 amide bonds. The summed E-state index contributed by atoms with van der Waals surface area (Å²) in [4.78, 5) is 0.140. The fourth-order valence-corrected chi connectivity index (χ4v) is 4.36. The number of rotatable bonds is 7. The maximum absolute atomic E-state index is 12.9. The molecule has 0 saturated heterocycles. The van der Waals surface area contributed by atoms with Crippen molar-refractivity contribution in [2.45, 2.75) is 18.2 Å². The van der Waals surface area contributed by atoms with Crippen molar-refractivity contribution in [2.75, 3.05) is 19.6 Å². The predicted octanol–water partition coefficient (Wildman–Crippen LogP) is 3.26. The van der Waals surface area contributed by atoms with Gasteiger partial charge in [-0.3, -0.25) is 0 Å². The van der Waals surface area contributed by atoms with E-state index in [9.17, 15) is 8.42 Å². The van der Waals surface area contributed by atoms with Crippen LogP contribution in [0.3, 0.4) is 0 Å². The molecular weight excluding hydrogens is 367 g/mol. The fraction of sp³-hybridized carbons (Fsp3) is 0.294. The molecule has 0 aliphatic carbocycles. The maximum Gasteiger partial charge on any atom is 0.244 e. The number of sulfonamides is 1. The van der Waals surface area contributed by atoms with Gasteiger partial charge >= 0.3 is 0 Å². The lowest BCUT2D eigenvalue weighted by atomic mass is 10.1. The first-order valence-corrected chi connectivity index (χ1v) is 9.27. The molecule has 0 saturated carbocycles. The molecule has 0 bridgehead atoms. The Balaban J connectivity index is 0.00000288. The van der Waals surface area contributed by atoms with Gasteiger partial charge in [0.25, 0.3) is 0 Å². The third kappa shape index (κ3) is 5.19. The summed E-state index contributed by atoms with van der Waals surface area (Å²) in [7, 11) is -3.67. The summed E-state index contributed by atoms with van der Waals surface area (Å²) >= 11 is 6.11. The summed E-state index contributed by atoms with van der Waals surface area (Å²) in [5.74, 6) is 0. The van der Waals surface area contributed by atoms with Gasteiger partial charge in [0.15, 0.2) is 0 Å². The molecular formula is C17H22Cl2N2O2S. The molecule has 0 aliphatic heterocycles. The lowest BCUT2D eigenvalue weighted by Gasteiger charge is -2.22. The minimum atomic E-state index is -3.67. The van der Waals surface area contributed by atoms with Crippen LogP contribution in [0.2, 0.25) is 5.02 Å². The van der Waals surface area contributed by atoms with Crippen LogP contribution in [0.25, 0.3) is 0 Å². The zero-order valence-corrected chi connectivity index (χ0v) is 15.9. The Morgan fingerprint density at radius 3 is 2.38 bits per heavy atom. The topological polar surface area (TPSA) is 63.4 Å². The molecule has 132 valence electrons. The number of nitrogens with two attached hydrogens (primary N) is 1. The zero-order chi connectivity index (χ0) is 16.9. The van der Waals surface area contributed by atoms with Gasteiger partial charge in [-0.1, -0.05) is 48.0 Å². The van der Waals surface area contributed by atoms with Crippen LogP contribution < -0.4 is 5.73 Å². The molecule has 0 aliphatic rings. The Kier molecular flexibility index (Phi) is 8.19. The van der Waals surface area contributed by atoms with E-state index in [0.29, 0.717) is 13.0 Å². The monoisotopic (exact) mass is 388 g/mol. The van der Waals surface area contributed by atoms with Crippen molar-refractivity contribution < 1.29 is 8.42 Å². The number of halogens is 2. The standard InChI is InChI=1S/C17H21ClN2O2S.ClH/c1-14-7-8-16(18)17(13-14)23(21,22)20(12-10-19)11-9-15-5-3-2-4-6-15;/h2-8,13H,9-12,19H2,1H3;1H. The molecule has 2 aromatic carbocycles. The fourth-order valence-electron chi connectivity index (χ4n) is 2.34. The van der Waals surface area contributed by atoms with E-state index in [4.69, 9.17) is 17.3 Å². The van der Waals surface area contributed by atoms with E-state index in [1.165, 1.54) is 4.31 Å². The van der Waals surface area contributed by atoms with Crippen LogP contribution in [-0.2, 0) is 16.4 Å². The van der Waals surface area contributed by atoms with Gasteiger partial charge in [-0.25, -0.2) is 8.42 Å². The highest BCUT2D eigenvalue weighted by atomic mass is 35.5. The molecule has 0 heterocycles. The molecule has 0 radical (unpaired) electrons. The number of benzene rings is 2. The quantitative estimate of drug-likeness (QED) is 0.791.